The predicted octanol–water partition coefficient (Wildman–Crippen LogP) is 4.73. The van der Waals surface area contributed by atoms with E-state index in [1.54, 1.807) is 24.3 Å². The van der Waals surface area contributed by atoms with Crippen molar-refractivity contribution in [1.82, 2.24) is 5.32 Å². The average molecular weight is 438 g/mol. The van der Waals surface area contributed by atoms with Gasteiger partial charge in [0.05, 0.1) is 19.6 Å². The van der Waals surface area contributed by atoms with Crippen molar-refractivity contribution in [2.45, 2.75) is 18.9 Å². The number of para-hydroxylation sites is 1. The van der Waals surface area contributed by atoms with Gasteiger partial charge >= 0.3 is 5.97 Å². The highest BCUT2D eigenvalue weighted by Crippen LogP contribution is 2.22. The van der Waals surface area contributed by atoms with Crippen molar-refractivity contribution in [2.24, 2.45) is 0 Å². The zero-order chi connectivity index (χ0) is 22.1. The summed E-state index contributed by atoms with van der Waals surface area (Å²) in [5.41, 5.74) is 2.90. The SMILES string of the molecule is COC(=O)CC(NC(=O)COc1ccccc1Cc1ccccc1)c1ccc(Cl)cc1. The lowest BCUT2D eigenvalue weighted by molar-refractivity contribution is -0.141. The fourth-order valence-electron chi connectivity index (χ4n) is 3.18. The van der Waals surface area contributed by atoms with Crippen molar-refractivity contribution in [3.8, 4) is 5.75 Å². The molecule has 0 radical (unpaired) electrons. The molecule has 3 rings (SSSR count). The number of carbonyl (C=O) groups excluding carboxylic acids is 2. The molecule has 0 spiro atoms. The van der Waals surface area contributed by atoms with Crippen molar-refractivity contribution >= 4 is 23.5 Å². The average Bonchev–Trinajstić information content (AvgIpc) is 2.79. The van der Waals surface area contributed by atoms with Gasteiger partial charge in [-0.3, -0.25) is 9.59 Å². The van der Waals surface area contributed by atoms with E-state index in [1.807, 2.05) is 54.6 Å². The molecule has 1 N–H and O–H groups in total. The number of hydrogen-bond acceptors (Lipinski definition) is 4. The fourth-order valence-corrected chi connectivity index (χ4v) is 3.31. The van der Waals surface area contributed by atoms with Crippen LogP contribution < -0.4 is 10.1 Å². The molecule has 0 aliphatic rings. The monoisotopic (exact) mass is 437 g/mol. The van der Waals surface area contributed by atoms with Gasteiger partial charge in [-0.15, -0.1) is 0 Å². The summed E-state index contributed by atoms with van der Waals surface area (Å²) in [5.74, 6) is -0.106. The van der Waals surface area contributed by atoms with Gasteiger partial charge in [0.15, 0.2) is 6.61 Å². The minimum atomic E-state index is -0.541. The summed E-state index contributed by atoms with van der Waals surface area (Å²) in [6.45, 7) is -0.170. The number of methoxy groups -OCH3 is 1. The van der Waals surface area contributed by atoms with Gasteiger partial charge in [0, 0.05) is 11.4 Å². The van der Waals surface area contributed by atoms with Gasteiger partial charge in [-0.25, -0.2) is 0 Å². The summed E-state index contributed by atoms with van der Waals surface area (Å²) >= 11 is 5.95. The first-order chi connectivity index (χ1) is 15.0. The van der Waals surface area contributed by atoms with Crippen LogP contribution >= 0.6 is 11.6 Å². The number of halogens is 1. The van der Waals surface area contributed by atoms with Crippen molar-refractivity contribution in [3.05, 3.63) is 101 Å². The van der Waals surface area contributed by atoms with E-state index >= 15 is 0 Å². The highest BCUT2D eigenvalue weighted by atomic mass is 35.5. The number of ether oxygens (including phenoxy) is 2. The zero-order valence-electron chi connectivity index (χ0n) is 17.2. The first-order valence-electron chi connectivity index (χ1n) is 9.91. The Morgan fingerprint density at radius 3 is 2.32 bits per heavy atom. The van der Waals surface area contributed by atoms with Gasteiger partial charge in [0.25, 0.3) is 5.91 Å². The van der Waals surface area contributed by atoms with Crippen LogP contribution in [0.15, 0.2) is 78.9 Å². The minimum absolute atomic E-state index is 0.00840. The molecule has 3 aromatic rings. The van der Waals surface area contributed by atoms with Crippen molar-refractivity contribution < 1.29 is 19.1 Å². The Bertz CT molecular complexity index is 1010. The molecule has 0 aliphatic heterocycles. The first kappa shape index (κ1) is 22.4. The Morgan fingerprint density at radius 2 is 1.61 bits per heavy atom. The normalized spacial score (nSPS) is 11.4. The minimum Gasteiger partial charge on any atom is -0.483 e. The topological polar surface area (TPSA) is 64.6 Å². The number of rotatable bonds is 9. The maximum absolute atomic E-state index is 12.6. The van der Waals surface area contributed by atoms with E-state index in [0.717, 1.165) is 16.7 Å². The number of amides is 1. The smallest absolute Gasteiger partial charge is 0.307 e. The Morgan fingerprint density at radius 1 is 0.935 bits per heavy atom. The number of nitrogens with one attached hydrogen (secondary N) is 1. The molecule has 31 heavy (non-hydrogen) atoms. The molecule has 0 heterocycles. The molecule has 1 amide bonds. The van der Waals surface area contributed by atoms with Crippen molar-refractivity contribution in [2.75, 3.05) is 13.7 Å². The first-order valence-corrected chi connectivity index (χ1v) is 10.3. The molecule has 0 saturated carbocycles. The summed E-state index contributed by atoms with van der Waals surface area (Å²) in [5, 5.41) is 3.42. The van der Waals surface area contributed by atoms with Crippen LogP contribution in [0.25, 0.3) is 0 Å². The van der Waals surface area contributed by atoms with Crippen molar-refractivity contribution in [3.63, 3.8) is 0 Å². The van der Waals surface area contributed by atoms with E-state index in [0.29, 0.717) is 17.2 Å². The van der Waals surface area contributed by atoms with Crippen LogP contribution in [0.3, 0.4) is 0 Å². The standard InChI is InChI=1S/C25H24ClNO4/c1-30-25(29)16-22(19-11-13-21(26)14-12-19)27-24(28)17-31-23-10-6-5-9-20(23)15-18-7-3-2-4-8-18/h2-14,22H,15-17H2,1H3,(H,27,28). The van der Waals surface area contributed by atoms with E-state index in [4.69, 9.17) is 21.1 Å². The molecule has 1 unspecified atom stereocenters. The Kier molecular flexibility index (Phi) is 8.07. The van der Waals surface area contributed by atoms with Crippen LogP contribution in [-0.4, -0.2) is 25.6 Å². The molecule has 1 atom stereocenters. The lowest BCUT2D eigenvalue weighted by Gasteiger charge is -2.19. The third-order valence-corrected chi connectivity index (χ3v) is 5.03. The van der Waals surface area contributed by atoms with E-state index in [1.165, 1.54) is 7.11 Å². The van der Waals surface area contributed by atoms with Crippen LogP contribution in [0.1, 0.15) is 29.2 Å². The largest absolute Gasteiger partial charge is 0.483 e. The number of hydrogen-bond donors (Lipinski definition) is 1. The van der Waals surface area contributed by atoms with Crippen molar-refractivity contribution in [1.29, 1.82) is 0 Å². The maximum atomic E-state index is 12.6. The molecular weight excluding hydrogens is 414 g/mol. The number of carbonyl (C=O) groups is 2. The molecule has 0 fully saturated rings. The highest BCUT2D eigenvalue weighted by molar-refractivity contribution is 6.30. The van der Waals surface area contributed by atoms with E-state index in [9.17, 15) is 9.59 Å². The molecule has 5 nitrogen and oxygen atoms in total. The second kappa shape index (κ2) is 11.2. The number of benzene rings is 3. The third kappa shape index (κ3) is 6.86. The van der Waals surface area contributed by atoms with Gasteiger partial charge in [-0.2, -0.15) is 0 Å². The number of esters is 1. The summed E-state index contributed by atoms with van der Waals surface area (Å²) in [4.78, 5) is 24.4. The van der Waals surface area contributed by atoms with Gasteiger partial charge in [0.2, 0.25) is 0 Å². The van der Waals surface area contributed by atoms with Gasteiger partial charge in [0.1, 0.15) is 5.75 Å². The molecule has 0 aliphatic carbocycles. The van der Waals surface area contributed by atoms with Gasteiger partial charge in [-0.1, -0.05) is 72.3 Å². The van der Waals surface area contributed by atoms with Crippen LogP contribution in [0.2, 0.25) is 5.02 Å². The van der Waals surface area contributed by atoms with E-state index in [-0.39, 0.29) is 18.9 Å². The summed E-state index contributed by atoms with van der Waals surface area (Å²) < 4.78 is 10.6. The predicted molar refractivity (Wildman–Crippen MR) is 120 cm³/mol. The molecule has 3 aromatic carbocycles. The molecule has 0 aromatic heterocycles. The van der Waals surface area contributed by atoms with Crippen LogP contribution in [-0.2, 0) is 20.7 Å². The fraction of sp³-hybridized carbons (Fsp3) is 0.200. The Balaban J connectivity index is 1.65. The lowest BCUT2D eigenvalue weighted by Crippen LogP contribution is -2.34. The summed E-state index contributed by atoms with van der Waals surface area (Å²) in [6.07, 6.45) is 0.711. The highest BCUT2D eigenvalue weighted by Gasteiger charge is 2.19. The molecule has 0 bridgehead atoms. The molecular formula is C25H24ClNO4. The Hall–Kier alpha value is -3.31. The molecule has 0 saturated heterocycles. The molecule has 160 valence electrons. The van der Waals surface area contributed by atoms with Gasteiger partial charge in [-0.05, 0) is 34.9 Å². The van der Waals surface area contributed by atoms with E-state index < -0.39 is 12.0 Å². The second-order valence-corrected chi connectivity index (χ2v) is 7.45. The maximum Gasteiger partial charge on any atom is 0.307 e. The van der Waals surface area contributed by atoms with Crippen LogP contribution in [0.4, 0.5) is 0 Å². The lowest BCUT2D eigenvalue weighted by atomic mass is 10.0. The molecule has 6 heteroatoms. The third-order valence-electron chi connectivity index (χ3n) is 4.77. The Labute approximate surface area is 187 Å². The van der Waals surface area contributed by atoms with Crippen LogP contribution in [0, 0.1) is 0 Å². The summed E-state index contributed by atoms with van der Waals surface area (Å²) in [6, 6.07) is 24.1. The quantitative estimate of drug-likeness (QED) is 0.491. The second-order valence-electron chi connectivity index (χ2n) is 7.01. The van der Waals surface area contributed by atoms with Gasteiger partial charge < -0.3 is 14.8 Å². The van der Waals surface area contributed by atoms with Crippen LogP contribution in [0.5, 0.6) is 5.75 Å². The zero-order valence-corrected chi connectivity index (χ0v) is 18.0. The van der Waals surface area contributed by atoms with E-state index in [2.05, 4.69) is 5.32 Å². The summed E-state index contributed by atoms with van der Waals surface area (Å²) in [7, 11) is 1.32.